The van der Waals surface area contributed by atoms with Crippen LogP contribution in [-0.4, -0.2) is 19.5 Å². The van der Waals surface area contributed by atoms with Crippen LogP contribution in [0.5, 0.6) is 0 Å². The van der Waals surface area contributed by atoms with Crippen molar-refractivity contribution < 1.29 is 11.0 Å². The molecule has 0 spiro atoms. The molecular weight excluding hydrogens is 693 g/mol. The lowest BCUT2D eigenvalue weighted by Crippen LogP contribution is -2.05. The van der Waals surface area contributed by atoms with Gasteiger partial charge in [0.05, 0.1) is 27.7 Å². The van der Waals surface area contributed by atoms with Crippen LogP contribution in [0.4, 0.5) is 0 Å². The SMILES string of the molecule is [2H]c1c([2H])c([2H])c2c(c1[2H])c1c([2H])c([2H])c([2H])c([2H])c1n2-c1c(-c2nc(-c3ccccc3)nc(-c3ccc(-c4ccccc4)cc3)n2)cccc1-c1cccc2cc3ccccc3cc12. The predicted molar refractivity (Wildman–Crippen MR) is 236 cm³/mol. The van der Waals surface area contributed by atoms with Crippen molar-refractivity contribution in [2.24, 2.45) is 0 Å². The Bertz CT molecular complexity index is 3670. The van der Waals surface area contributed by atoms with Gasteiger partial charge in [0, 0.05) is 33.0 Å². The van der Waals surface area contributed by atoms with Gasteiger partial charge < -0.3 is 4.57 Å². The minimum Gasteiger partial charge on any atom is -0.308 e. The number of nitrogens with zero attached hydrogens (tertiary/aromatic N) is 4. The summed E-state index contributed by atoms with van der Waals surface area (Å²) in [6, 6.07) is 47.8. The number of benzene rings is 9. The molecule has 2 heterocycles. The summed E-state index contributed by atoms with van der Waals surface area (Å²) in [6.45, 7) is 0. The lowest BCUT2D eigenvalue weighted by atomic mass is 9.93. The lowest BCUT2D eigenvalue weighted by molar-refractivity contribution is 1.06. The Kier molecular flexibility index (Phi) is 6.04. The molecular formula is C53H34N4. The highest BCUT2D eigenvalue weighted by molar-refractivity contribution is 6.12. The normalized spacial score (nSPS) is 13.5. The summed E-state index contributed by atoms with van der Waals surface area (Å²) in [7, 11) is 0. The van der Waals surface area contributed by atoms with Gasteiger partial charge in [0.25, 0.3) is 0 Å². The van der Waals surface area contributed by atoms with Crippen LogP contribution in [0.2, 0.25) is 0 Å². The first kappa shape index (κ1) is 25.4. The van der Waals surface area contributed by atoms with E-state index in [1.807, 2.05) is 140 Å². The highest BCUT2D eigenvalue weighted by Gasteiger charge is 2.23. The Morgan fingerprint density at radius 2 is 0.825 bits per heavy atom. The van der Waals surface area contributed by atoms with Gasteiger partial charge >= 0.3 is 0 Å². The van der Waals surface area contributed by atoms with Crippen molar-refractivity contribution in [2.75, 3.05) is 0 Å². The molecule has 0 radical (unpaired) electrons. The van der Waals surface area contributed by atoms with E-state index in [2.05, 4.69) is 18.2 Å². The summed E-state index contributed by atoms with van der Waals surface area (Å²) in [5.74, 6) is 1.00. The standard InChI is InChI=1S/C53H34N4/c1-3-15-35(16-4-1)36-29-31-38(32-30-36)52-54-51(37-17-5-2-6-18-37)55-53(56-52)46-26-14-25-45(42-24-13-21-41-33-39-19-7-8-20-40(39)34-47(41)42)50(46)57-48-27-11-9-22-43(48)44-23-10-12-28-49(44)57/h1-34H/i9D,10D,11D,12D,22D,23D,27D,28D. The van der Waals surface area contributed by atoms with Crippen molar-refractivity contribution in [1.82, 2.24) is 19.5 Å². The largest absolute Gasteiger partial charge is 0.308 e. The molecule has 4 heteroatoms. The Morgan fingerprint density at radius 1 is 0.351 bits per heavy atom. The quantitative estimate of drug-likeness (QED) is 0.160. The van der Waals surface area contributed by atoms with Gasteiger partial charge in [-0.15, -0.1) is 0 Å². The van der Waals surface area contributed by atoms with Crippen molar-refractivity contribution >= 4 is 43.4 Å². The van der Waals surface area contributed by atoms with Gasteiger partial charge in [-0.25, -0.2) is 15.0 Å². The van der Waals surface area contributed by atoms with Gasteiger partial charge in [-0.05, 0) is 68.5 Å². The van der Waals surface area contributed by atoms with Crippen LogP contribution < -0.4 is 0 Å². The van der Waals surface area contributed by atoms with Gasteiger partial charge in [-0.1, -0.05) is 176 Å². The molecule has 9 aromatic carbocycles. The van der Waals surface area contributed by atoms with Crippen LogP contribution in [0, 0.1) is 0 Å². The second-order valence-corrected chi connectivity index (χ2v) is 13.8. The van der Waals surface area contributed by atoms with Gasteiger partial charge in [0.2, 0.25) is 0 Å². The number of hydrogen-bond acceptors (Lipinski definition) is 3. The van der Waals surface area contributed by atoms with E-state index in [0.29, 0.717) is 28.5 Å². The third-order valence-electron chi connectivity index (χ3n) is 10.5. The number of fused-ring (bicyclic) bond motifs is 5. The van der Waals surface area contributed by atoms with Crippen molar-refractivity contribution in [1.29, 1.82) is 0 Å². The Morgan fingerprint density at radius 3 is 1.51 bits per heavy atom. The maximum atomic E-state index is 9.47. The average Bonchev–Trinajstić information content (AvgIpc) is 3.72. The Labute approximate surface area is 341 Å². The van der Waals surface area contributed by atoms with E-state index in [-0.39, 0.29) is 27.6 Å². The number of rotatable bonds is 6. The second-order valence-electron chi connectivity index (χ2n) is 13.8. The molecule has 0 atom stereocenters. The van der Waals surface area contributed by atoms with Crippen LogP contribution in [-0.2, 0) is 0 Å². The molecule has 0 saturated heterocycles. The molecule has 0 aliphatic heterocycles. The van der Waals surface area contributed by atoms with Gasteiger partial charge in [-0.2, -0.15) is 0 Å². The minimum atomic E-state index is -0.517. The highest BCUT2D eigenvalue weighted by Crippen LogP contribution is 2.43. The summed E-state index contributed by atoms with van der Waals surface area (Å²) in [5.41, 5.74) is 5.70. The van der Waals surface area contributed by atoms with Crippen molar-refractivity contribution in [3.63, 3.8) is 0 Å². The minimum absolute atomic E-state index is 0.00792. The van der Waals surface area contributed by atoms with E-state index in [1.165, 1.54) is 0 Å². The molecule has 0 aliphatic carbocycles. The summed E-state index contributed by atoms with van der Waals surface area (Å²) < 4.78 is 74.3. The molecule has 11 aromatic rings. The monoisotopic (exact) mass is 734 g/mol. The number of aromatic nitrogens is 4. The number of hydrogen-bond donors (Lipinski definition) is 0. The summed E-state index contributed by atoms with van der Waals surface area (Å²) in [6.07, 6.45) is 0. The molecule has 0 amide bonds. The molecule has 0 bridgehead atoms. The van der Waals surface area contributed by atoms with Crippen LogP contribution in [0.25, 0.3) is 105 Å². The molecule has 0 N–H and O–H groups in total. The third-order valence-corrected chi connectivity index (χ3v) is 10.5. The van der Waals surface area contributed by atoms with Gasteiger partial charge in [0.1, 0.15) is 0 Å². The molecule has 0 fully saturated rings. The van der Waals surface area contributed by atoms with E-state index < -0.39 is 48.3 Å². The first-order valence-corrected chi connectivity index (χ1v) is 18.6. The first-order chi connectivity index (χ1) is 31.6. The average molecular weight is 735 g/mol. The van der Waals surface area contributed by atoms with E-state index in [4.69, 9.17) is 20.4 Å². The fourth-order valence-corrected chi connectivity index (χ4v) is 7.81. The fraction of sp³-hybridized carbons (Fsp3) is 0. The topological polar surface area (TPSA) is 43.6 Å². The van der Waals surface area contributed by atoms with Gasteiger partial charge in [-0.3, -0.25) is 0 Å². The van der Waals surface area contributed by atoms with E-state index in [1.54, 1.807) is 4.57 Å². The zero-order chi connectivity index (χ0) is 44.7. The van der Waals surface area contributed by atoms with Crippen molar-refractivity contribution in [3.8, 4) is 62.1 Å². The van der Waals surface area contributed by atoms with E-state index in [0.717, 1.165) is 49.4 Å². The molecule has 266 valence electrons. The Hall–Kier alpha value is -7.69. The lowest BCUT2D eigenvalue weighted by Gasteiger charge is -2.20. The van der Waals surface area contributed by atoms with E-state index in [9.17, 15) is 5.48 Å². The third kappa shape index (κ3) is 5.66. The maximum Gasteiger partial charge on any atom is 0.166 e. The molecule has 11 rings (SSSR count). The maximum absolute atomic E-state index is 9.47. The van der Waals surface area contributed by atoms with Crippen LogP contribution in [0.1, 0.15) is 11.0 Å². The van der Waals surface area contributed by atoms with Crippen molar-refractivity contribution in [3.05, 3.63) is 206 Å². The second kappa shape index (κ2) is 13.6. The fourth-order valence-electron chi connectivity index (χ4n) is 7.81. The summed E-state index contributed by atoms with van der Waals surface area (Å²) >= 11 is 0. The predicted octanol–water partition coefficient (Wildman–Crippen LogP) is 13.6. The molecule has 4 nitrogen and oxygen atoms in total. The van der Waals surface area contributed by atoms with Crippen LogP contribution in [0.3, 0.4) is 0 Å². The van der Waals surface area contributed by atoms with Crippen LogP contribution in [0.15, 0.2) is 206 Å². The smallest absolute Gasteiger partial charge is 0.166 e. The molecule has 57 heavy (non-hydrogen) atoms. The summed E-state index contributed by atoms with van der Waals surface area (Å²) in [5, 5.41) is 3.87. The summed E-state index contributed by atoms with van der Waals surface area (Å²) in [4.78, 5) is 15.3. The zero-order valence-corrected chi connectivity index (χ0v) is 30.3. The highest BCUT2D eigenvalue weighted by atomic mass is 15.1. The first-order valence-electron chi connectivity index (χ1n) is 22.6. The number of para-hydroxylation sites is 3. The van der Waals surface area contributed by atoms with Gasteiger partial charge in [0.15, 0.2) is 17.5 Å². The molecule has 0 aliphatic rings. The van der Waals surface area contributed by atoms with Crippen molar-refractivity contribution in [2.45, 2.75) is 0 Å². The zero-order valence-electron chi connectivity index (χ0n) is 38.3. The van der Waals surface area contributed by atoms with E-state index >= 15 is 0 Å². The molecule has 2 aromatic heterocycles. The Balaban J connectivity index is 1.30. The molecule has 0 unspecified atom stereocenters. The molecule has 0 saturated carbocycles. The van der Waals surface area contributed by atoms with Crippen LogP contribution >= 0.6 is 0 Å².